The van der Waals surface area contributed by atoms with Crippen LogP contribution >= 0.6 is 0 Å². The number of hydrogen-bond acceptors (Lipinski definition) is 3. The standard InChI is InChI=1S/C18H18N4O/c1-14-3-2-4-17(9-14)16-7-5-15(6-8-16)10-20-18(23)11-22-13-19-12-21-22/h2-9,12-13H,10-11H2,1H3,(H,20,23). The van der Waals surface area contributed by atoms with Crippen LogP contribution in [0.25, 0.3) is 11.1 Å². The molecule has 0 bridgehead atoms. The number of carbonyl (C=O) groups is 1. The highest BCUT2D eigenvalue weighted by Crippen LogP contribution is 2.20. The van der Waals surface area contributed by atoms with Crippen molar-refractivity contribution in [2.24, 2.45) is 0 Å². The third-order valence-electron chi connectivity index (χ3n) is 3.57. The van der Waals surface area contributed by atoms with Gasteiger partial charge in [-0.2, -0.15) is 5.10 Å². The van der Waals surface area contributed by atoms with Crippen LogP contribution in [-0.4, -0.2) is 20.7 Å². The smallest absolute Gasteiger partial charge is 0.242 e. The average Bonchev–Trinajstić information content (AvgIpc) is 3.06. The zero-order valence-corrected chi connectivity index (χ0v) is 12.9. The van der Waals surface area contributed by atoms with Crippen molar-refractivity contribution in [1.29, 1.82) is 0 Å². The quantitative estimate of drug-likeness (QED) is 0.788. The molecule has 0 aliphatic rings. The molecule has 0 unspecified atom stereocenters. The van der Waals surface area contributed by atoms with Crippen molar-refractivity contribution in [2.75, 3.05) is 0 Å². The van der Waals surface area contributed by atoms with Gasteiger partial charge in [-0.1, -0.05) is 54.1 Å². The van der Waals surface area contributed by atoms with Crippen molar-refractivity contribution in [3.8, 4) is 11.1 Å². The summed E-state index contributed by atoms with van der Waals surface area (Å²) in [5.41, 5.74) is 4.68. The number of aromatic nitrogens is 3. The average molecular weight is 306 g/mol. The Bertz CT molecular complexity index is 779. The van der Waals surface area contributed by atoms with Gasteiger partial charge in [-0.25, -0.2) is 9.67 Å². The van der Waals surface area contributed by atoms with Gasteiger partial charge in [0.05, 0.1) is 0 Å². The highest BCUT2D eigenvalue weighted by atomic mass is 16.2. The van der Waals surface area contributed by atoms with Gasteiger partial charge in [0.15, 0.2) is 0 Å². The third kappa shape index (κ3) is 4.03. The Hall–Kier alpha value is -2.95. The van der Waals surface area contributed by atoms with Crippen molar-refractivity contribution >= 4 is 5.91 Å². The van der Waals surface area contributed by atoms with Gasteiger partial charge in [0.2, 0.25) is 5.91 Å². The van der Waals surface area contributed by atoms with Gasteiger partial charge in [-0.3, -0.25) is 4.79 Å². The number of nitrogens with zero attached hydrogens (tertiary/aromatic N) is 3. The molecule has 0 aliphatic heterocycles. The summed E-state index contributed by atoms with van der Waals surface area (Å²) in [6.45, 7) is 2.77. The molecule has 3 rings (SSSR count). The molecule has 0 saturated heterocycles. The maximum absolute atomic E-state index is 11.8. The van der Waals surface area contributed by atoms with E-state index >= 15 is 0 Å². The van der Waals surface area contributed by atoms with Crippen molar-refractivity contribution in [1.82, 2.24) is 20.1 Å². The van der Waals surface area contributed by atoms with Crippen LogP contribution in [0.5, 0.6) is 0 Å². The Kier molecular flexibility index (Phi) is 4.47. The van der Waals surface area contributed by atoms with E-state index in [0.29, 0.717) is 6.54 Å². The van der Waals surface area contributed by atoms with Crippen LogP contribution in [0.15, 0.2) is 61.2 Å². The summed E-state index contributed by atoms with van der Waals surface area (Å²) >= 11 is 0. The summed E-state index contributed by atoms with van der Waals surface area (Å²) in [5.74, 6) is -0.0849. The fourth-order valence-electron chi connectivity index (χ4n) is 2.36. The number of benzene rings is 2. The fraction of sp³-hybridized carbons (Fsp3) is 0.167. The van der Waals surface area contributed by atoms with Gasteiger partial charge in [-0.15, -0.1) is 0 Å². The molecule has 0 saturated carbocycles. The molecule has 1 amide bonds. The summed E-state index contributed by atoms with van der Waals surface area (Å²) in [7, 11) is 0. The lowest BCUT2D eigenvalue weighted by atomic mass is 10.0. The van der Waals surface area contributed by atoms with Crippen LogP contribution < -0.4 is 5.32 Å². The number of nitrogens with one attached hydrogen (secondary N) is 1. The lowest BCUT2D eigenvalue weighted by molar-refractivity contribution is -0.122. The molecule has 0 aliphatic carbocycles. The molecule has 1 aromatic heterocycles. The summed E-state index contributed by atoms with van der Waals surface area (Å²) in [5, 5.41) is 6.79. The van der Waals surface area contributed by atoms with Gasteiger partial charge in [-0.05, 0) is 23.6 Å². The minimum Gasteiger partial charge on any atom is -0.350 e. The topological polar surface area (TPSA) is 59.8 Å². The zero-order chi connectivity index (χ0) is 16.1. The number of carbonyl (C=O) groups excluding carboxylic acids is 1. The highest BCUT2D eigenvalue weighted by Gasteiger charge is 2.03. The highest BCUT2D eigenvalue weighted by molar-refractivity contribution is 5.75. The monoisotopic (exact) mass is 306 g/mol. The molecular weight excluding hydrogens is 288 g/mol. The van der Waals surface area contributed by atoms with Crippen LogP contribution in [0.4, 0.5) is 0 Å². The molecule has 5 heteroatoms. The van der Waals surface area contributed by atoms with Crippen LogP contribution in [0, 0.1) is 6.92 Å². The molecule has 23 heavy (non-hydrogen) atoms. The van der Waals surface area contributed by atoms with Gasteiger partial charge < -0.3 is 5.32 Å². The second-order valence-corrected chi connectivity index (χ2v) is 5.44. The minimum atomic E-state index is -0.0849. The van der Waals surface area contributed by atoms with Crippen molar-refractivity contribution in [2.45, 2.75) is 20.0 Å². The van der Waals surface area contributed by atoms with Crippen molar-refractivity contribution < 1.29 is 4.79 Å². The van der Waals surface area contributed by atoms with Gasteiger partial charge in [0.25, 0.3) is 0 Å². The summed E-state index contributed by atoms with van der Waals surface area (Å²) < 4.78 is 1.50. The largest absolute Gasteiger partial charge is 0.350 e. The number of hydrogen-bond donors (Lipinski definition) is 1. The molecule has 0 radical (unpaired) electrons. The van der Waals surface area contributed by atoms with E-state index in [-0.39, 0.29) is 12.5 Å². The maximum Gasteiger partial charge on any atom is 0.242 e. The van der Waals surface area contributed by atoms with Gasteiger partial charge in [0.1, 0.15) is 19.2 Å². The Balaban J connectivity index is 1.58. The van der Waals surface area contributed by atoms with E-state index in [4.69, 9.17) is 0 Å². The first kappa shape index (κ1) is 15.0. The first-order valence-electron chi connectivity index (χ1n) is 7.46. The molecule has 3 aromatic rings. The lowest BCUT2D eigenvalue weighted by Crippen LogP contribution is -2.27. The molecule has 0 spiro atoms. The van der Waals surface area contributed by atoms with Crippen LogP contribution in [0.1, 0.15) is 11.1 Å². The zero-order valence-electron chi connectivity index (χ0n) is 12.9. The van der Waals surface area contributed by atoms with E-state index < -0.39 is 0 Å². The summed E-state index contributed by atoms with van der Waals surface area (Å²) in [4.78, 5) is 15.6. The van der Waals surface area contributed by atoms with Crippen molar-refractivity contribution in [3.63, 3.8) is 0 Å². The van der Waals surface area contributed by atoms with E-state index in [1.54, 1.807) is 0 Å². The van der Waals surface area contributed by atoms with E-state index in [1.165, 1.54) is 34.0 Å². The number of amides is 1. The second kappa shape index (κ2) is 6.87. The molecule has 116 valence electrons. The Morgan fingerprint density at radius 2 is 1.96 bits per heavy atom. The molecule has 0 atom stereocenters. The molecule has 0 fully saturated rings. The first-order valence-corrected chi connectivity index (χ1v) is 7.46. The predicted octanol–water partition coefficient (Wildman–Crippen LogP) is 2.57. The van der Waals surface area contributed by atoms with E-state index in [2.05, 4.69) is 58.7 Å². The third-order valence-corrected chi connectivity index (χ3v) is 3.57. The lowest BCUT2D eigenvalue weighted by Gasteiger charge is -2.07. The molecular formula is C18H18N4O. The summed E-state index contributed by atoms with van der Waals surface area (Å²) in [6, 6.07) is 16.6. The normalized spacial score (nSPS) is 10.5. The van der Waals surface area contributed by atoms with Crippen molar-refractivity contribution in [3.05, 3.63) is 72.3 Å². The summed E-state index contributed by atoms with van der Waals surface area (Å²) in [6.07, 6.45) is 2.94. The van der Waals surface area contributed by atoms with Crippen LogP contribution in [-0.2, 0) is 17.9 Å². The van der Waals surface area contributed by atoms with E-state index in [1.807, 2.05) is 12.1 Å². The Morgan fingerprint density at radius 1 is 1.13 bits per heavy atom. The SMILES string of the molecule is Cc1cccc(-c2ccc(CNC(=O)Cn3cncn3)cc2)c1. The van der Waals surface area contributed by atoms with Gasteiger partial charge in [0, 0.05) is 6.54 Å². The maximum atomic E-state index is 11.8. The minimum absolute atomic E-state index is 0.0849. The fourth-order valence-corrected chi connectivity index (χ4v) is 2.36. The molecule has 1 heterocycles. The van der Waals surface area contributed by atoms with Gasteiger partial charge >= 0.3 is 0 Å². The van der Waals surface area contributed by atoms with E-state index in [0.717, 1.165) is 5.56 Å². The Labute approximate surface area is 135 Å². The number of aryl methyl sites for hydroxylation is 1. The Morgan fingerprint density at radius 3 is 2.65 bits per heavy atom. The molecule has 1 N–H and O–H groups in total. The predicted molar refractivity (Wildman–Crippen MR) is 88.5 cm³/mol. The molecule has 5 nitrogen and oxygen atoms in total. The van der Waals surface area contributed by atoms with E-state index in [9.17, 15) is 4.79 Å². The molecule has 2 aromatic carbocycles. The second-order valence-electron chi connectivity index (χ2n) is 5.44. The van der Waals surface area contributed by atoms with Crippen LogP contribution in [0.2, 0.25) is 0 Å². The number of rotatable bonds is 5. The first-order chi connectivity index (χ1) is 11.2. The van der Waals surface area contributed by atoms with Crippen LogP contribution in [0.3, 0.4) is 0 Å².